The quantitative estimate of drug-likeness (QED) is 0.555. The Morgan fingerprint density at radius 1 is 1.03 bits per heavy atom. The summed E-state index contributed by atoms with van der Waals surface area (Å²) in [4.78, 5) is 27.1. The molecule has 6 rings (SSSR count). The minimum Gasteiger partial charge on any atom is -0.378 e. The molecule has 36 heavy (non-hydrogen) atoms. The number of morpholine rings is 1. The van der Waals surface area contributed by atoms with E-state index in [0.717, 1.165) is 56.3 Å². The van der Waals surface area contributed by atoms with Crippen LogP contribution in [0.4, 0.5) is 22.1 Å². The number of urea groups is 1. The van der Waals surface area contributed by atoms with E-state index in [9.17, 15) is 4.79 Å². The van der Waals surface area contributed by atoms with Gasteiger partial charge in [0.05, 0.1) is 44.2 Å². The average Bonchev–Trinajstić information content (AvgIpc) is 3.36. The third-order valence-electron chi connectivity index (χ3n) is 6.93. The van der Waals surface area contributed by atoms with Crippen molar-refractivity contribution in [1.29, 1.82) is 0 Å². The van der Waals surface area contributed by atoms with Gasteiger partial charge in [-0.2, -0.15) is 0 Å². The van der Waals surface area contributed by atoms with Crippen LogP contribution in [0.15, 0.2) is 41.1 Å². The molecule has 1 unspecified atom stereocenters. The number of carbonyl (C=O) groups is 1. The van der Waals surface area contributed by atoms with Crippen molar-refractivity contribution < 1.29 is 18.8 Å². The SMILES string of the molecule is CC1COCCN1c1nc(-c2ccc(NC(=O)Nc3ccon3)cc2)nc2c1CCN(C1COC1)C2. The Bertz CT molecular complexity index is 1210. The number of ether oxygens (including phenoxy) is 2. The number of aromatic nitrogens is 3. The lowest BCUT2D eigenvalue weighted by Gasteiger charge is -2.41. The van der Waals surface area contributed by atoms with Crippen LogP contribution in [-0.2, 0) is 22.4 Å². The second-order valence-corrected chi connectivity index (χ2v) is 9.37. The molecular formula is C25H29N7O4. The Kier molecular flexibility index (Phi) is 6.26. The number of anilines is 3. The van der Waals surface area contributed by atoms with E-state index < -0.39 is 6.03 Å². The van der Waals surface area contributed by atoms with Gasteiger partial charge < -0.3 is 24.2 Å². The lowest BCUT2D eigenvalue weighted by molar-refractivity contribution is -0.0699. The van der Waals surface area contributed by atoms with Crippen molar-refractivity contribution in [3.05, 3.63) is 47.9 Å². The molecule has 2 fully saturated rings. The lowest BCUT2D eigenvalue weighted by atomic mass is 10.0. The molecule has 2 N–H and O–H groups in total. The lowest BCUT2D eigenvalue weighted by Crippen LogP contribution is -2.51. The smallest absolute Gasteiger partial charge is 0.324 e. The predicted octanol–water partition coefficient (Wildman–Crippen LogP) is 2.76. The number of rotatable bonds is 5. The first-order chi connectivity index (χ1) is 17.6. The van der Waals surface area contributed by atoms with Crippen molar-refractivity contribution in [2.45, 2.75) is 32.0 Å². The van der Waals surface area contributed by atoms with Gasteiger partial charge in [-0.15, -0.1) is 0 Å². The van der Waals surface area contributed by atoms with Gasteiger partial charge in [-0.25, -0.2) is 14.8 Å². The highest BCUT2D eigenvalue weighted by molar-refractivity contribution is 5.99. The van der Waals surface area contributed by atoms with E-state index in [0.29, 0.717) is 36.6 Å². The van der Waals surface area contributed by atoms with Crippen molar-refractivity contribution in [3.8, 4) is 11.4 Å². The van der Waals surface area contributed by atoms with Crippen LogP contribution in [-0.4, -0.2) is 77.7 Å². The number of fused-ring (bicyclic) bond motifs is 1. The molecule has 3 aromatic rings. The normalized spacial score (nSPS) is 20.5. The van der Waals surface area contributed by atoms with E-state index in [1.165, 1.54) is 11.8 Å². The molecule has 11 nitrogen and oxygen atoms in total. The number of carbonyl (C=O) groups excluding carboxylic acids is 1. The van der Waals surface area contributed by atoms with Crippen molar-refractivity contribution >= 4 is 23.4 Å². The van der Waals surface area contributed by atoms with Gasteiger partial charge >= 0.3 is 6.03 Å². The summed E-state index contributed by atoms with van der Waals surface area (Å²) >= 11 is 0. The predicted molar refractivity (Wildman–Crippen MR) is 133 cm³/mol. The molecule has 1 aromatic carbocycles. The number of nitrogens with one attached hydrogen (secondary N) is 2. The molecule has 0 bridgehead atoms. The standard InChI is InChI=1S/C25H29N7O4/c1-16-13-34-11-9-32(16)24-20-6-8-31(19-14-35-15-19)12-21(20)27-23(29-24)17-2-4-18(5-3-17)26-25(33)28-22-7-10-36-30-22/h2-5,7,10,16,19H,6,8-9,11-15H2,1H3,(H2,26,28,30,33). The Labute approximate surface area is 208 Å². The van der Waals surface area contributed by atoms with E-state index in [2.05, 4.69) is 32.5 Å². The first-order valence-corrected chi connectivity index (χ1v) is 12.3. The molecule has 3 aliphatic heterocycles. The third kappa shape index (κ3) is 4.64. The Morgan fingerprint density at radius 2 is 1.89 bits per heavy atom. The van der Waals surface area contributed by atoms with Crippen molar-refractivity contribution in [1.82, 2.24) is 20.0 Å². The minimum atomic E-state index is -0.398. The highest BCUT2D eigenvalue weighted by Crippen LogP contribution is 2.32. The van der Waals surface area contributed by atoms with Gasteiger partial charge in [0.15, 0.2) is 11.6 Å². The van der Waals surface area contributed by atoms with Crippen molar-refractivity contribution in [2.24, 2.45) is 0 Å². The molecule has 2 amide bonds. The number of hydrogen-bond acceptors (Lipinski definition) is 9. The van der Waals surface area contributed by atoms with Crippen LogP contribution in [0.5, 0.6) is 0 Å². The number of benzene rings is 1. The first-order valence-electron chi connectivity index (χ1n) is 12.3. The summed E-state index contributed by atoms with van der Waals surface area (Å²) < 4.78 is 15.8. The van der Waals surface area contributed by atoms with Crippen LogP contribution in [0.1, 0.15) is 18.2 Å². The van der Waals surface area contributed by atoms with Gasteiger partial charge in [-0.05, 0) is 37.6 Å². The molecule has 11 heteroatoms. The van der Waals surface area contributed by atoms with E-state index in [1.807, 2.05) is 24.3 Å². The molecule has 0 aliphatic carbocycles. The molecule has 5 heterocycles. The zero-order valence-corrected chi connectivity index (χ0v) is 20.1. The maximum absolute atomic E-state index is 12.2. The maximum atomic E-state index is 12.2. The van der Waals surface area contributed by atoms with Crippen LogP contribution < -0.4 is 15.5 Å². The number of hydrogen-bond donors (Lipinski definition) is 2. The van der Waals surface area contributed by atoms with Crippen LogP contribution in [0, 0.1) is 0 Å². The molecular weight excluding hydrogens is 462 g/mol. The third-order valence-corrected chi connectivity index (χ3v) is 6.93. The summed E-state index contributed by atoms with van der Waals surface area (Å²) in [5, 5.41) is 9.09. The molecule has 2 saturated heterocycles. The van der Waals surface area contributed by atoms with Crippen molar-refractivity contribution in [2.75, 3.05) is 55.1 Å². The van der Waals surface area contributed by atoms with Gasteiger partial charge in [-0.3, -0.25) is 10.2 Å². The fourth-order valence-corrected chi connectivity index (χ4v) is 4.84. The van der Waals surface area contributed by atoms with Crippen LogP contribution in [0.2, 0.25) is 0 Å². The molecule has 3 aliphatic rings. The first kappa shape index (κ1) is 22.9. The van der Waals surface area contributed by atoms with E-state index in [1.54, 1.807) is 6.07 Å². The van der Waals surface area contributed by atoms with Crippen molar-refractivity contribution in [3.63, 3.8) is 0 Å². The molecule has 0 spiro atoms. The largest absolute Gasteiger partial charge is 0.378 e. The topological polar surface area (TPSA) is 118 Å². The highest BCUT2D eigenvalue weighted by Gasteiger charge is 2.33. The molecule has 2 aromatic heterocycles. The van der Waals surface area contributed by atoms with Gasteiger partial charge in [0, 0.05) is 42.5 Å². The van der Waals surface area contributed by atoms with Gasteiger partial charge in [0.2, 0.25) is 0 Å². The average molecular weight is 492 g/mol. The van der Waals surface area contributed by atoms with Crippen LogP contribution in [0.3, 0.4) is 0 Å². The Balaban J connectivity index is 1.27. The number of nitrogens with zero attached hydrogens (tertiary/aromatic N) is 5. The molecule has 0 saturated carbocycles. The highest BCUT2D eigenvalue weighted by atomic mass is 16.5. The summed E-state index contributed by atoms with van der Waals surface area (Å²) in [6.07, 6.45) is 2.32. The Hall–Kier alpha value is -3.54. The molecule has 1 atom stereocenters. The summed E-state index contributed by atoms with van der Waals surface area (Å²) in [6.45, 7) is 7.75. The summed E-state index contributed by atoms with van der Waals surface area (Å²) in [5.74, 6) is 2.05. The maximum Gasteiger partial charge on any atom is 0.324 e. The van der Waals surface area contributed by atoms with E-state index in [-0.39, 0.29) is 6.04 Å². The molecule has 0 radical (unpaired) electrons. The fourth-order valence-electron chi connectivity index (χ4n) is 4.84. The monoisotopic (exact) mass is 491 g/mol. The fraction of sp³-hybridized carbons (Fsp3) is 0.440. The van der Waals surface area contributed by atoms with Gasteiger partial charge in [0.1, 0.15) is 12.1 Å². The van der Waals surface area contributed by atoms with Crippen LogP contribution in [0.25, 0.3) is 11.4 Å². The molecule has 188 valence electrons. The van der Waals surface area contributed by atoms with Gasteiger partial charge in [-0.1, -0.05) is 5.16 Å². The second-order valence-electron chi connectivity index (χ2n) is 9.37. The second kappa shape index (κ2) is 9.84. The van der Waals surface area contributed by atoms with Gasteiger partial charge in [0.25, 0.3) is 0 Å². The zero-order valence-electron chi connectivity index (χ0n) is 20.1. The van der Waals surface area contributed by atoms with E-state index in [4.69, 9.17) is 24.0 Å². The number of amides is 2. The Morgan fingerprint density at radius 3 is 2.61 bits per heavy atom. The summed E-state index contributed by atoms with van der Waals surface area (Å²) in [6, 6.07) is 9.44. The van der Waals surface area contributed by atoms with Crippen LogP contribution >= 0.6 is 0 Å². The minimum absolute atomic E-state index is 0.249. The summed E-state index contributed by atoms with van der Waals surface area (Å²) in [7, 11) is 0. The summed E-state index contributed by atoms with van der Waals surface area (Å²) in [5.41, 5.74) is 3.87. The van der Waals surface area contributed by atoms with E-state index >= 15 is 0 Å². The zero-order chi connectivity index (χ0) is 24.5.